The number of hydrogen-bond donors (Lipinski definition) is 1. The molecule has 0 rings (SSSR count). The smallest absolute Gasteiger partial charge is 0.234 e. The monoisotopic (exact) mass is 326 g/mol. The fourth-order valence-electron chi connectivity index (χ4n) is 2.85. The van der Waals surface area contributed by atoms with Gasteiger partial charge in [-0.25, -0.2) is 5.01 Å². The molecule has 0 aromatic carbocycles. The fraction of sp³-hybridized carbons (Fsp3) is 0.950. The van der Waals surface area contributed by atoms with Gasteiger partial charge in [0.05, 0.1) is 0 Å². The lowest BCUT2D eigenvalue weighted by atomic mass is 10.1. The summed E-state index contributed by atoms with van der Waals surface area (Å²) >= 11 is 0. The SMILES string of the molecule is CCCCCCCCN(CCCCCCCC)NC(=O)CCC. The van der Waals surface area contributed by atoms with Crippen LogP contribution in [0.2, 0.25) is 0 Å². The summed E-state index contributed by atoms with van der Waals surface area (Å²) in [5.41, 5.74) is 3.12. The number of carbonyl (C=O) groups is 1. The molecule has 0 atom stereocenters. The van der Waals surface area contributed by atoms with Crippen LogP contribution in [-0.4, -0.2) is 24.0 Å². The molecule has 0 fully saturated rings. The van der Waals surface area contributed by atoms with E-state index in [0.29, 0.717) is 6.42 Å². The molecule has 0 aliphatic heterocycles. The van der Waals surface area contributed by atoms with Gasteiger partial charge in [0, 0.05) is 19.5 Å². The summed E-state index contributed by atoms with van der Waals surface area (Å²) in [5.74, 6) is 0.185. The van der Waals surface area contributed by atoms with Crippen LogP contribution < -0.4 is 5.43 Å². The average Bonchev–Trinajstić information content (AvgIpc) is 2.53. The van der Waals surface area contributed by atoms with E-state index in [1.807, 2.05) is 0 Å². The number of nitrogens with one attached hydrogen (secondary N) is 1. The number of hydrazine groups is 1. The average molecular weight is 327 g/mol. The van der Waals surface area contributed by atoms with Crippen molar-refractivity contribution in [1.29, 1.82) is 0 Å². The van der Waals surface area contributed by atoms with Gasteiger partial charge < -0.3 is 0 Å². The van der Waals surface area contributed by atoms with Gasteiger partial charge in [-0.2, -0.15) is 0 Å². The Morgan fingerprint density at radius 1 is 0.652 bits per heavy atom. The summed E-state index contributed by atoms with van der Waals surface area (Å²) in [5, 5.41) is 2.18. The number of rotatable bonds is 17. The van der Waals surface area contributed by atoms with Crippen LogP contribution >= 0.6 is 0 Å². The lowest BCUT2D eigenvalue weighted by molar-refractivity contribution is -0.126. The second kappa shape index (κ2) is 17.8. The van der Waals surface area contributed by atoms with Crippen LogP contribution in [0.1, 0.15) is 111 Å². The third-order valence-corrected chi connectivity index (χ3v) is 4.32. The molecule has 3 nitrogen and oxygen atoms in total. The van der Waals surface area contributed by atoms with Crippen molar-refractivity contribution < 1.29 is 4.79 Å². The standard InChI is InChI=1S/C20H42N2O/c1-4-7-9-11-13-15-18-22(21-20(23)17-6-3)19-16-14-12-10-8-5-2/h4-19H2,1-3H3,(H,21,23). The summed E-state index contributed by atoms with van der Waals surface area (Å²) < 4.78 is 0. The quantitative estimate of drug-likeness (QED) is 0.269. The minimum atomic E-state index is 0.185. The van der Waals surface area contributed by atoms with E-state index in [4.69, 9.17) is 0 Å². The molecular formula is C20H42N2O. The first-order chi connectivity index (χ1) is 11.2. The highest BCUT2D eigenvalue weighted by Crippen LogP contribution is 2.08. The van der Waals surface area contributed by atoms with Crippen molar-refractivity contribution in [3.63, 3.8) is 0 Å². The highest BCUT2D eigenvalue weighted by atomic mass is 16.2. The zero-order chi connectivity index (χ0) is 17.2. The molecule has 23 heavy (non-hydrogen) atoms. The van der Waals surface area contributed by atoms with Crippen molar-refractivity contribution in [1.82, 2.24) is 10.4 Å². The maximum Gasteiger partial charge on any atom is 0.234 e. The van der Waals surface area contributed by atoms with Crippen LogP contribution in [-0.2, 0) is 4.79 Å². The van der Waals surface area contributed by atoms with Gasteiger partial charge in [-0.1, -0.05) is 85.0 Å². The molecular weight excluding hydrogens is 284 g/mol. The van der Waals surface area contributed by atoms with Crippen molar-refractivity contribution in [3.8, 4) is 0 Å². The Morgan fingerprint density at radius 3 is 1.52 bits per heavy atom. The van der Waals surface area contributed by atoms with Crippen LogP contribution in [0.25, 0.3) is 0 Å². The van der Waals surface area contributed by atoms with E-state index in [1.165, 1.54) is 77.0 Å². The van der Waals surface area contributed by atoms with E-state index in [-0.39, 0.29) is 5.91 Å². The Hall–Kier alpha value is -0.570. The summed E-state index contributed by atoms with van der Waals surface area (Å²) in [6.07, 6.45) is 17.2. The van der Waals surface area contributed by atoms with E-state index >= 15 is 0 Å². The maximum absolute atomic E-state index is 11.8. The molecule has 0 heterocycles. The normalized spacial score (nSPS) is 11.1. The zero-order valence-electron chi connectivity index (χ0n) is 16.2. The third kappa shape index (κ3) is 16.1. The lowest BCUT2D eigenvalue weighted by Gasteiger charge is -2.23. The molecule has 0 aromatic rings. The molecule has 0 saturated heterocycles. The summed E-state index contributed by atoms with van der Waals surface area (Å²) in [7, 11) is 0. The van der Waals surface area contributed by atoms with Crippen molar-refractivity contribution in [2.24, 2.45) is 0 Å². The Bertz CT molecular complexity index is 240. The minimum absolute atomic E-state index is 0.185. The van der Waals surface area contributed by atoms with E-state index in [9.17, 15) is 4.79 Å². The molecule has 0 spiro atoms. The van der Waals surface area contributed by atoms with E-state index in [2.05, 4.69) is 31.2 Å². The highest BCUT2D eigenvalue weighted by Gasteiger charge is 2.08. The number of nitrogens with zero attached hydrogens (tertiary/aromatic N) is 1. The molecule has 1 amide bonds. The Labute approximate surface area is 145 Å². The first kappa shape index (κ1) is 22.4. The zero-order valence-corrected chi connectivity index (χ0v) is 16.2. The number of unbranched alkanes of at least 4 members (excludes halogenated alkanes) is 10. The summed E-state index contributed by atoms with van der Waals surface area (Å²) in [4.78, 5) is 11.8. The largest absolute Gasteiger partial charge is 0.289 e. The maximum atomic E-state index is 11.8. The molecule has 138 valence electrons. The Kier molecular flexibility index (Phi) is 17.3. The number of hydrogen-bond acceptors (Lipinski definition) is 2. The molecule has 0 unspecified atom stereocenters. The Balaban J connectivity index is 3.86. The van der Waals surface area contributed by atoms with Crippen LogP contribution in [0.3, 0.4) is 0 Å². The van der Waals surface area contributed by atoms with Gasteiger partial charge in [0.2, 0.25) is 5.91 Å². The second-order valence-electron chi connectivity index (χ2n) is 6.81. The van der Waals surface area contributed by atoms with E-state index < -0.39 is 0 Å². The van der Waals surface area contributed by atoms with Crippen LogP contribution in [0.4, 0.5) is 0 Å². The van der Waals surface area contributed by atoms with Crippen LogP contribution in [0.15, 0.2) is 0 Å². The molecule has 3 heteroatoms. The van der Waals surface area contributed by atoms with Gasteiger partial charge >= 0.3 is 0 Å². The first-order valence-corrected chi connectivity index (χ1v) is 10.3. The van der Waals surface area contributed by atoms with Gasteiger partial charge in [-0.3, -0.25) is 10.2 Å². The van der Waals surface area contributed by atoms with Crippen LogP contribution in [0.5, 0.6) is 0 Å². The molecule has 1 N–H and O–H groups in total. The predicted molar refractivity (Wildman–Crippen MR) is 101 cm³/mol. The molecule has 0 radical (unpaired) electrons. The predicted octanol–water partition coefficient (Wildman–Crippen LogP) is 5.84. The third-order valence-electron chi connectivity index (χ3n) is 4.32. The second-order valence-corrected chi connectivity index (χ2v) is 6.81. The Morgan fingerprint density at radius 2 is 1.09 bits per heavy atom. The molecule has 0 bridgehead atoms. The van der Waals surface area contributed by atoms with Crippen molar-refractivity contribution in [2.75, 3.05) is 13.1 Å². The molecule has 0 aliphatic rings. The van der Waals surface area contributed by atoms with Crippen molar-refractivity contribution in [3.05, 3.63) is 0 Å². The summed E-state index contributed by atoms with van der Waals surface area (Å²) in [6.45, 7) is 8.59. The lowest BCUT2D eigenvalue weighted by Crippen LogP contribution is -2.43. The number of carbonyl (C=O) groups excluding carboxylic acids is 1. The van der Waals surface area contributed by atoms with Gasteiger partial charge in [0.25, 0.3) is 0 Å². The fourth-order valence-corrected chi connectivity index (χ4v) is 2.85. The van der Waals surface area contributed by atoms with Gasteiger partial charge in [-0.05, 0) is 19.3 Å². The molecule has 0 aromatic heterocycles. The van der Waals surface area contributed by atoms with Gasteiger partial charge in [0.15, 0.2) is 0 Å². The summed E-state index contributed by atoms with van der Waals surface area (Å²) in [6, 6.07) is 0. The van der Waals surface area contributed by atoms with E-state index in [1.54, 1.807) is 0 Å². The minimum Gasteiger partial charge on any atom is -0.289 e. The number of amides is 1. The van der Waals surface area contributed by atoms with Gasteiger partial charge in [-0.15, -0.1) is 0 Å². The van der Waals surface area contributed by atoms with Crippen molar-refractivity contribution >= 4 is 5.91 Å². The first-order valence-electron chi connectivity index (χ1n) is 10.3. The highest BCUT2D eigenvalue weighted by molar-refractivity contribution is 5.75. The van der Waals surface area contributed by atoms with E-state index in [0.717, 1.165) is 19.5 Å². The van der Waals surface area contributed by atoms with Gasteiger partial charge in [0.1, 0.15) is 0 Å². The van der Waals surface area contributed by atoms with Crippen molar-refractivity contribution in [2.45, 2.75) is 111 Å². The molecule has 0 aliphatic carbocycles. The molecule has 0 saturated carbocycles. The van der Waals surface area contributed by atoms with Crippen LogP contribution in [0, 0.1) is 0 Å². The topological polar surface area (TPSA) is 32.3 Å².